The number of hydrogen-bond acceptors (Lipinski definition) is 3. The van der Waals surface area contributed by atoms with E-state index in [2.05, 4.69) is 31.4 Å². The molecule has 0 atom stereocenters. The molecule has 0 fully saturated rings. The van der Waals surface area contributed by atoms with E-state index in [1.165, 1.54) is 22.8 Å². The third-order valence-electron chi connectivity index (χ3n) is 2.29. The molecule has 0 saturated carbocycles. The Morgan fingerprint density at radius 1 is 1.50 bits per heavy atom. The fourth-order valence-electron chi connectivity index (χ4n) is 1.17. The lowest BCUT2D eigenvalue weighted by Crippen LogP contribution is -2.23. The predicted molar refractivity (Wildman–Crippen MR) is 67.1 cm³/mol. The normalized spacial score (nSPS) is 11.9. The molecule has 0 aliphatic carbocycles. The molecule has 2 N–H and O–H groups in total. The molecule has 3 heteroatoms. The van der Waals surface area contributed by atoms with Crippen LogP contribution in [-0.2, 0) is 0 Å². The van der Waals surface area contributed by atoms with Gasteiger partial charge >= 0.3 is 0 Å². The first-order valence-corrected chi connectivity index (χ1v) is 6.87. The summed E-state index contributed by atoms with van der Waals surface area (Å²) in [6, 6.07) is 4.29. The number of rotatable bonds is 6. The van der Waals surface area contributed by atoms with Gasteiger partial charge in [0.25, 0.3) is 0 Å². The minimum absolute atomic E-state index is 0.315. The summed E-state index contributed by atoms with van der Waals surface area (Å²) < 4.78 is 1.43. The molecule has 0 aliphatic rings. The molecule has 80 valence electrons. The first-order valence-electron chi connectivity index (χ1n) is 5.00. The van der Waals surface area contributed by atoms with Gasteiger partial charge in [0.05, 0.1) is 4.21 Å². The molecule has 0 aliphatic heterocycles. The molecule has 0 spiro atoms. The standard InChI is InChI=1S/C11H19NS2/c1-11(2,9-12)6-4-8-14-10-5-3-7-13-10/h3,5,7H,4,6,8-9,12H2,1-2H3. The summed E-state index contributed by atoms with van der Waals surface area (Å²) >= 11 is 3.78. The van der Waals surface area contributed by atoms with Crippen molar-refractivity contribution in [3.05, 3.63) is 17.5 Å². The average Bonchev–Trinajstić information content (AvgIpc) is 2.65. The summed E-state index contributed by atoms with van der Waals surface area (Å²) in [4.78, 5) is 0. The van der Waals surface area contributed by atoms with E-state index in [0.717, 1.165) is 6.54 Å². The molecule has 1 aromatic heterocycles. The zero-order valence-electron chi connectivity index (χ0n) is 8.95. The van der Waals surface area contributed by atoms with Crippen molar-refractivity contribution in [2.45, 2.75) is 30.9 Å². The van der Waals surface area contributed by atoms with Gasteiger partial charge in [-0.2, -0.15) is 0 Å². The van der Waals surface area contributed by atoms with Crippen molar-refractivity contribution in [2.75, 3.05) is 12.3 Å². The second kappa shape index (κ2) is 5.79. The molecule has 0 radical (unpaired) electrons. The summed E-state index contributed by atoms with van der Waals surface area (Å²) in [7, 11) is 0. The molecule has 14 heavy (non-hydrogen) atoms. The van der Waals surface area contributed by atoms with E-state index in [1.807, 2.05) is 23.1 Å². The quantitative estimate of drug-likeness (QED) is 0.596. The second-order valence-electron chi connectivity index (χ2n) is 4.25. The van der Waals surface area contributed by atoms with Crippen LogP contribution in [0.3, 0.4) is 0 Å². The Labute approximate surface area is 95.1 Å². The van der Waals surface area contributed by atoms with Crippen molar-refractivity contribution in [1.29, 1.82) is 0 Å². The third-order valence-corrected chi connectivity index (χ3v) is 4.51. The summed E-state index contributed by atoms with van der Waals surface area (Å²) in [6.07, 6.45) is 2.48. The van der Waals surface area contributed by atoms with Crippen LogP contribution in [0, 0.1) is 5.41 Å². The van der Waals surface area contributed by atoms with E-state index in [9.17, 15) is 0 Å². The van der Waals surface area contributed by atoms with Crippen molar-refractivity contribution < 1.29 is 0 Å². The lowest BCUT2D eigenvalue weighted by Gasteiger charge is -2.21. The van der Waals surface area contributed by atoms with Crippen molar-refractivity contribution >= 4 is 23.1 Å². The number of thiophene rings is 1. The smallest absolute Gasteiger partial charge is 0.0598 e. The molecule has 0 unspecified atom stereocenters. The second-order valence-corrected chi connectivity index (χ2v) is 6.60. The zero-order chi connectivity index (χ0) is 10.4. The molecule has 1 nitrogen and oxygen atoms in total. The zero-order valence-corrected chi connectivity index (χ0v) is 10.6. The van der Waals surface area contributed by atoms with Gasteiger partial charge < -0.3 is 5.73 Å². The SMILES string of the molecule is CC(C)(CN)CCCSc1cccs1. The van der Waals surface area contributed by atoms with Gasteiger partial charge in [0.2, 0.25) is 0 Å². The minimum Gasteiger partial charge on any atom is -0.330 e. The van der Waals surface area contributed by atoms with Crippen molar-refractivity contribution in [3.8, 4) is 0 Å². The summed E-state index contributed by atoms with van der Waals surface area (Å²) in [6.45, 7) is 5.27. The maximum absolute atomic E-state index is 5.68. The van der Waals surface area contributed by atoms with Crippen LogP contribution in [0.2, 0.25) is 0 Å². The van der Waals surface area contributed by atoms with Gasteiger partial charge in [0.15, 0.2) is 0 Å². The highest BCUT2D eigenvalue weighted by molar-refractivity contribution is 8.01. The van der Waals surface area contributed by atoms with Crippen LogP contribution in [0.1, 0.15) is 26.7 Å². The third kappa shape index (κ3) is 4.49. The Balaban J connectivity index is 2.11. The summed E-state index contributed by atoms with van der Waals surface area (Å²) in [5, 5.41) is 2.13. The van der Waals surface area contributed by atoms with Crippen molar-refractivity contribution in [2.24, 2.45) is 11.1 Å². The highest BCUT2D eigenvalue weighted by Gasteiger charge is 2.14. The van der Waals surface area contributed by atoms with Gasteiger partial charge in [-0.25, -0.2) is 0 Å². The van der Waals surface area contributed by atoms with Gasteiger partial charge in [0, 0.05) is 0 Å². The van der Waals surface area contributed by atoms with Gasteiger partial charge in [-0.1, -0.05) is 19.9 Å². The van der Waals surface area contributed by atoms with E-state index in [0.29, 0.717) is 5.41 Å². The van der Waals surface area contributed by atoms with Crippen LogP contribution in [0.4, 0.5) is 0 Å². The summed E-state index contributed by atoms with van der Waals surface area (Å²) in [5.74, 6) is 1.21. The van der Waals surface area contributed by atoms with Gasteiger partial charge in [0.1, 0.15) is 0 Å². The number of hydrogen-bond donors (Lipinski definition) is 1. The molecule has 1 heterocycles. The molecule has 0 saturated heterocycles. The Bertz CT molecular complexity index is 242. The van der Waals surface area contributed by atoms with E-state index < -0.39 is 0 Å². The van der Waals surface area contributed by atoms with Crippen molar-refractivity contribution in [1.82, 2.24) is 0 Å². The first-order chi connectivity index (χ1) is 6.64. The molecule has 0 bridgehead atoms. The van der Waals surface area contributed by atoms with Crippen LogP contribution in [0.25, 0.3) is 0 Å². The lowest BCUT2D eigenvalue weighted by molar-refractivity contribution is 0.345. The molecular weight excluding hydrogens is 210 g/mol. The van der Waals surface area contributed by atoms with Crippen LogP contribution in [0.15, 0.2) is 21.7 Å². The number of nitrogens with two attached hydrogens (primary N) is 1. The summed E-state index contributed by atoms with van der Waals surface area (Å²) in [5.41, 5.74) is 5.99. The maximum Gasteiger partial charge on any atom is 0.0598 e. The largest absolute Gasteiger partial charge is 0.330 e. The van der Waals surface area contributed by atoms with E-state index in [4.69, 9.17) is 5.73 Å². The minimum atomic E-state index is 0.315. The van der Waals surface area contributed by atoms with E-state index >= 15 is 0 Å². The highest BCUT2D eigenvalue weighted by atomic mass is 32.2. The maximum atomic E-state index is 5.68. The Morgan fingerprint density at radius 3 is 2.86 bits per heavy atom. The highest BCUT2D eigenvalue weighted by Crippen LogP contribution is 2.27. The lowest BCUT2D eigenvalue weighted by atomic mass is 9.88. The molecule has 0 aromatic carbocycles. The van der Waals surface area contributed by atoms with E-state index in [-0.39, 0.29) is 0 Å². The van der Waals surface area contributed by atoms with Crippen LogP contribution >= 0.6 is 23.1 Å². The van der Waals surface area contributed by atoms with Crippen molar-refractivity contribution in [3.63, 3.8) is 0 Å². The van der Waals surface area contributed by atoms with Crippen LogP contribution < -0.4 is 5.73 Å². The van der Waals surface area contributed by atoms with Gasteiger partial charge in [-0.15, -0.1) is 23.1 Å². The van der Waals surface area contributed by atoms with E-state index in [1.54, 1.807) is 0 Å². The molecule has 1 aromatic rings. The van der Waals surface area contributed by atoms with Crippen LogP contribution in [-0.4, -0.2) is 12.3 Å². The van der Waals surface area contributed by atoms with Gasteiger partial charge in [-0.3, -0.25) is 0 Å². The van der Waals surface area contributed by atoms with Gasteiger partial charge in [-0.05, 0) is 42.0 Å². The molecule has 1 rings (SSSR count). The Kier molecular flexibility index (Phi) is 4.99. The average molecular weight is 229 g/mol. The Hall–Kier alpha value is 0.01000. The fraction of sp³-hybridized carbons (Fsp3) is 0.636. The predicted octanol–water partition coefficient (Wildman–Crippen LogP) is 3.61. The topological polar surface area (TPSA) is 26.0 Å². The fourth-order valence-corrected chi connectivity index (χ4v) is 2.97. The molecular formula is C11H19NS2. The van der Waals surface area contributed by atoms with Crippen LogP contribution in [0.5, 0.6) is 0 Å². The Morgan fingerprint density at radius 2 is 2.29 bits per heavy atom. The molecule has 0 amide bonds. The number of thioether (sulfide) groups is 1. The first kappa shape index (κ1) is 12.1. The monoisotopic (exact) mass is 229 g/mol.